The van der Waals surface area contributed by atoms with E-state index in [1.165, 1.54) is 18.2 Å². The van der Waals surface area contributed by atoms with Crippen molar-refractivity contribution in [2.45, 2.75) is 20.4 Å². The Morgan fingerprint density at radius 1 is 1.33 bits per heavy atom. The van der Waals surface area contributed by atoms with Gasteiger partial charge in [0.2, 0.25) is 0 Å². The third kappa shape index (κ3) is 6.15. The summed E-state index contributed by atoms with van der Waals surface area (Å²) >= 11 is 0. The molecule has 0 spiro atoms. The molecule has 0 radical (unpaired) electrons. The number of carbonyl (C=O) groups excluding carboxylic acids is 1. The highest BCUT2D eigenvalue weighted by molar-refractivity contribution is 5.82. The van der Waals surface area contributed by atoms with Crippen molar-refractivity contribution < 1.29 is 13.9 Å². The van der Waals surface area contributed by atoms with Crippen LogP contribution in [0.3, 0.4) is 0 Å². The molecule has 0 aliphatic heterocycles. The molecule has 98 valence electrons. The lowest BCUT2D eigenvalue weighted by molar-refractivity contribution is -0.137. The van der Waals surface area contributed by atoms with Crippen molar-refractivity contribution in [2.24, 2.45) is 0 Å². The molecule has 3 nitrogen and oxygen atoms in total. The molecule has 0 unspecified atom stereocenters. The Morgan fingerprint density at radius 2 is 2.00 bits per heavy atom. The molecule has 1 N–H and O–H groups in total. The van der Waals surface area contributed by atoms with Gasteiger partial charge >= 0.3 is 5.97 Å². The zero-order valence-electron chi connectivity index (χ0n) is 10.7. The molecule has 18 heavy (non-hydrogen) atoms. The molecular formula is C14H18FNO2. The third-order valence-corrected chi connectivity index (χ3v) is 2.17. The molecule has 0 aromatic heterocycles. The standard InChI is InChI=1S/C14H18FNO2/c1-11(2)9-14(17)18-8-7-16-10-12-3-5-13(15)6-4-12/h3-6,9,16H,7-8,10H2,1-2H3. The molecule has 1 aromatic rings. The zero-order chi connectivity index (χ0) is 13.4. The number of halogens is 1. The van der Waals surface area contributed by atoms with Gasteiger partial charge < -0.3 is 10.1 Å². The van der Waals surface area contributed by atoms with E-state index in [2.05, 4.69) is 5.32 Å². The summed E-state index contributed by atoms with van der Waals surface area (Å²) in [4.78, 5) is 11.2. The molecule has 1 aromatic carbocycles. The van der Waals surface area contributed by atoms with Crippen molar-refractivity contribution in [3.63, 3.8) is 0 Å². The van der Waals surface area contributed by atoms with Crippen LogP contribution in [-0.2, 0) is 16.1 Å². The van der Waals surface area contributed by atoms with Gasteiger partial charge in [0.05, 0.1) is 0 Å². The molecule has 0 aliphatic carbocycles. The van der Waals surface area contributed by atoms with Gasteiger partial charge in [0, 0.05) is 19.2 Å². The third-order valence-electron chi connectivity index (χ3n) is 2.17. The number of ether oxygens (including phenoxy) is 1. The summed E-state index contributed by atoms with van der Waals surface area (Å²) in [7, 11) is 0. The maximum Gasteiger partial charge on any atom is 0.330 e. The van der Waals surface area contributed by atoms with Crippen LogP contribution >= 0.6 is 0 Å². The van der Waals surface area contributed by atoms with Crippen LogP contribution in [-0.4, -0.2) is 19.1 Å². The van der Waals surface area contributed by atoms with E-state index >= 15 is 0 Å². The van der Waals surface area contributed by atoms with Gasteiger partial charge in [-0.05, 0) is 31.5 Å². The molecular weight excluding hydrogens is 233 g/mol. The Kier molecular flexibility index (Phi) is 6.08. The number of benzene rings is 1. The van der Waals surface area contributed by atoms with E-state index in [9.17, 15) is 9.18 Å². The summed E-state index contributed by atoms with van der Waals surface area (Å²) in [6, 6.07) is 6.28. The topological polar surface area (TPSA) is 38.3 Å². The average molecular weight is 251 g/mol. The predicted molar refractivity (Wildman–Crippen MR) is 68.5 cm³/mol. The van der Waals surface area contributed by atoms with Crippen LogP contribution in [0.1, 0.15) is 19.4 Å². The fourth-order valence-corrected chi connectivity index (χ4v) is 1.34. The molecule has 0 amide bonds. The minimum atomic E-state index is -0.321. The molecule has 0 saturated carbocycles. The SMILES string of the molecule is CC(C)=CC(=O)OCCNCc1ccc(F)cc1. The van der Waals surface area contributed by atoms with Crippen molar-refractivity contribution >= 4 is 5.97 Å². The van der Waals surface area contributed by atoms with Crippen LogP contribution in [0.25, 0.3) is 0 Å². The number of rotatable bonds is 6. The molecule has 0 heterocycles. The van der Waals surface area contributed by atoms with E-state index in [-0.39, 0.29) is 11.8 Å². The largest absolute Gasteiger partial charge is 0.461 e. The first-order valence-electron chi connectivity index (χ1n) is 5.85. The number of carbonyl (C=O) groups is 1. The van der Waals surface area contributed by atoms with Gasteiger partial charge in [0.1, 0.15) is 12.4 Å². The van der Waals surface area contributed by atoms with Crippen LogP contribution in [0.5, 0.6) is 0 Å². The number of allylic oxidation sites excluding steroid dienone is 1. The van der Waals surface area contributed by atoms with Gasteiger partial charge in [-0.15, -0.1) is 0 Å². The van der Waals surface area contributed by atoms with Crippen molar-refractivity contribution in [1.29, 1.82) is 0 Å². The highest BCUT2D eigenvalue weighted by Gasteiger charge is 1.97. The average Bonchev–Trinajstić information content (AvgIpc) is 2.30. The molecule has 0 fully saturated rings. The van der Waals surface area contributed by atoms with Crippen LogP contribution < -0.4 is 5.32 Å². The van der Waals surface area contributed by atoms with Gasteiger partial charge in [-0.25, -0.2) is 9.18 Å². The minimum absolute atomic E-state index is 0.241. The van der Waals surface area contributed by atoms with Crippen molar-refractivity contribution in [2.75, 3.05) is 13.2 Å². The fourth-order valence-electron chi connectivity index (χ4n) is 1.34. The fraction of sp³-hybridized carbons (Fsp3) is 0.357. The highest BCUT2D eigenvalue weighted by Crippen LogP contribution is 2.01. The second-order valence-corrected chi connectivity index (χ2v) is 4.19. The monoisotopic (exact) mass is 251 g/mol. The van der Waals surface area contributed by atoms with Crippen LogP contribution in [0.15, 0.2) is 35.9 Å². The van der Waals surface area contributed by atoms with Crippen LogP contribution in [0, 0.1) is 5.82 Å². The van der Waals surface area contributed by atoms with Gasteiger partial charge in [-0.1, -0.05) is 17.7 Å². The molecule has 0 aliphatic rings. The van der Waals surface area contributed by atoms with Gasteiger partial charge in [-0.2, -0.15) is 0 Å². The second-order valence-electron chi connectivity index (χ2n) is 4.19. The first-order chi connectivity index (χ1) is 8.58. The van der Waals surface area contributed by atoms with Crippen LogP contribution in [0.4, 0.5) is 4.39 Å². The minimum Gasteiger partial charge on any atom is -0.461 e. The Balaban J connectivity index is 2.14. The molecule has 0 bridgehead atoms. The zero-order valence-corrected chi connectivity index (χ0v) is 10.7. The van der Waals surface area contributed by atoms with Gasteiger partial charge in [-0.3, -0.25) is 0 Å². The smallest absolute Gasteiger partial charge is 0.330 e. The van der Waals surface area contributed by atoms with E-state index in [0.717, 1.165) is 11.1 Å². The normalized spacial score (nSPS) is 9.94. The summed E-state index contributed by atoms with van der Waals surface area (Å²) in [6.07, 6.45) is 1.46. The maximum absolute atomic E-state index is 12.6. The summed E-state index contributed by atoms with van der Waals surface area (Å²) in [5, 5.41) is 3.11. The first-order valence-corrected chi connectivity index (χ1v) is 5.85. The lowest BCUT2D eigenvalue weighted by Gasteiger charge is -2.05. The van der Waals surface area contributed by atoms with E-state index < -0.39 is 0 Å². The summed E-state index contributed by atoms with van der Waals surface area (Å²) in [5.41, 5.74) is 1.91. The van der Waals surface area contributed by atoms with Crippen molar-refractivity contribution in [1.82, 2.24) is 5.32 Å². The van der Waals surface area contributed by atoms with E-state index in [0.29, 0.717) is 19.7 Å². The molecule has 1 rings (SSSR count). The molecule has 0 saturated heterocycles. The van der Waals surface area contributed by atoms with Crippen LogP contribution in [0.2, 0.25) is 0 Å². The van der Waals surface area contributed by atoms with E-state index in [1.54, 1.807) is 12.1 Å². The quantitative estimate of drug-likeness (QED) is 0.479. The summed E-state index contributed by atoms with van der Waals surface area (Å²) < 4.78 is 17.6. The number of nitrogens with one attached hydrogen (secondary N) is 1. The van der Waals surface area contributed by atoms with Crippen molar-refractivity contribution in [3.8, 4) is 0 Å². The Hall–Kier alpha value is -1.68. The number of hydrogen-bond acceptors (Lipinski definition) is 3. The highest BCUT2D eigenvalue weighted by atomic mass is 19.1. The molecule has 0 atom stereocenters. The lowest BCUT2D eigenvalue weighted by Crippen LogP contribution is -2.20. The van der Waals surface area contributed by atoms with Crippen molar-refractivity contribution in [3.05, 3.63) is 47.3 Å². The van der Waals surface area contributed by atoms with E-state index in [1.807, 2.05) is 13.8 Å². The van der Waals surface area contributed by atoms with Gasteiger partial charge in [0.25, 0.3) is 0 Å². The summed E-state index contributed by atoms with van der Waals surface area (Å²) in [6.45, 7) is 5.20. The Bertz CT molecular complexity index is 408. The summed E-state index contributed by atoms with van der Waals surface area (Å²) in [5.74, 6) is -0.562. The maximum atomic E-state index is 12.6. The van der Waals surface area contributed by atoms with E-state index in [4.69, 9.17) is 4.74 Å². The Labute approximate surface area is 107 Å². The second kappa shape index (κ2) is 7.61. The predicted octanol–water partition coefficient (Wildman–Crippen LogP) is 2.42. The molecule has 4 heteroatoms. The first kappa shape index (κ1) is 14.4. The van der Waals surface area contributed by atoms with Gasteiger partial charge in [0.15, 0.2) is 0 Å². The number of hydrogen-bond donors (Lipinski definition) is 1. The number of esters is 1. The lowest BCUT2D eigenvalue weighted by atomic mass is 10.2. The Morgan fingerprint density at radius 3 is 2.61 bits per heavy atom.